The Kier molecular flexibility index (Phi) is 10.9. The van der Waals surface area contributed by atoms with E-state index in [-0.39, 0.29) is 20.1 Å². The van der Waals surface area contributed by atoms with Gasteiger partial charge in [-0.3, -0.25) is 0 Å². The number of aromatic nitrogens is 3. The van der Waals surface area contributed by atoms with E-state index in [1.54, 1.807) is 16.2 Å². The van der Waals surface area contributed by atoms with Gasteiger partial charge in [-0.05, 0) is 23.9 Å². The molecule has 0 unspecified atom stereocenters. The van der Waals surface area contributed by atoms with Crippen LogP contribution in [0.5, 0.6) is 0 Å². The summed E-state index contributed by atoms with van der Waals surface area (Å²) in [4.78, 5) is 14.0. The van der Waals surface area contributed by atoms with Gasteiger partial charge in [0.15, 0.2) is 0 Å². The van der Waals surface area contributed by atoms with E-state index in [9.17, 15) is 0 Å². The minimum Gasteiger partial charge on any atom is 0 e. The third-order valence-electron chi connectivity index (χ3n) is 9.37. The van der Waals surface area contributed by atoms with Crippen molar-refractivity contribution in [3.63, 3.8) is 0 Å². The van der Waals surface area contributed by atoms with E-state index in [1.165, 1.54) is 32.1 Å². The number of pyridine rings is 3. The smallest absolute Gasteiger partial charge is 0 e. The SMILES string of the molecule is Cc1c[c-]c(-c2ccccn2)c2oc3nc(-c4ccccc4)ccc3c12.[CH3][Ge]([CH3])([CH3])[c]1cnc(-c2[c-]cccc2)cc1CC1CCCC1.[Ir]. The largest absolute Gasteiger partial charge is 0 e. The van der Waals surface area contributed by atoms with Crippen LogP contribution in [0.3, 0.4) is 0 Å². The van der Waals surface area contributed by atoms with Gasteiger partial charge >= 0.3 is 137 Å². The maximum atomic E-state index is 6.20. The van der Waals surface area contributed by atoms with E-state index < -0.39 is 13.3 Å². The van der Waals surface area contributed by atoms with Crippen LogP contribution in [0, 0.1) is 25.0 Å². The molecule has 1 saturated carbocycles. The van der Waals surface area contributed by atoms with Crippen molar-refractivity contribution in [3.05, 3.63) is 133 Å². The second-order valence-corrected chi connectivity index (χ2v) is 24.5. The molecule has 0 saturated heterocycles. The Balaban J connectivity index is 0.000000169. The predicted molar refractivity (Wildman–Crippen MR) is 201 cm³/mol. The molecule has 3 aromatic carbocycles. The quantitative estimate of drug-likeness (QED) is 0.123. The number of benzene rings is 3. The second-order valence-electron chi connectivity index (χ2n) is 13.9. The Morgan fingerprint density at radius 1 is 0.816 bits per heavy atom. The van der Waals surface area contributed by atoms with Crippen LogP contribution in [-0.4, -0.2) is 28.2 Å². The average Bonchev–Trinajstić information content (AvgIpc) is 3.77. The van der Waals surface area contributed by atoms with E-state index >= 15 is 0 Å². The summed E-state index contributed by atoms with van der Waals surface area (Å²) >= 11 is -1.87. The molecule has 0 aliphatic heterocycles. The first-order chi connectivity index (χ1) is 23.3. The van der Waals surface area contributed by atoms with Crippen LogP contribution in [0.4, 0.5) is 0 Å². The summed E-state index contributed by atoms with van der Waals surface area (Å²) in [5.74, 6) is 8.31. The summed E-state index contributed by atoms with van der Waals surface area (Å²) in [6.07, 6.45) is 10.9. The number of aryl methyl sites for hydroxylation is 1. The first-order valence-corrected chi connectivity index (χ1v) is 24.4. The minimum atomic E-state index is -1.87. The van der Waals surface area contributed by atoms with Gasteiger partial charge in [-0.2, -0.15) is 0 Å². The molecule has 6 heteroatoms. The fourth-order valence-corrected chi connectivity index (χ4v) is 10.2. The van der Waals surface area contributed by atoms with Crippen molar-refractivity contribution < 1.29 is 24.5 Å². The predicted octanol–water partition coefficient (Wildman–Crippen LogP) is 10.6. The van der Waals surface area contributed by atoms with Gasteiger partial charge in [-0.1, -0.05) is 60.3 Å². The van der Waals surface area contributed by atoms with E-state index in [2.05, 4.69) is 83.9 Å². The van der Waals surface area contributed by atoms with Gasteiger partial charge in [-0.25, -0.2) is 4.98 Å². The summed E-state index contributed by atoms with van der Waals surface area (Å²) in [5, 5.41) is 2.09. The summed E-state index contributed by atoms with van der Waals surface area (Å²) in [6.45, 7) is 2.07. The Morgan fingerprint density at radius 3 is 2.31 bits per heavy atom. The van der Waals surface area contributed by atoms with Crippen molar-refractivity contribution in [2.45, 2.75) is 56.3 Å². The van der Waals surface area contributed by atoms with E-state index in [1.807, 2.05) is 60.7 Å². The fraction of sp³-hybridized carbons (Fsp3) is 0.233. The zero-order valence-corrected chi connectivity index (χ0v) is 33.1. The molecule has 7 aromatic rings. The number of hydrogen-bond donors (Lipinski definition) is 0. The van der Waals surface area contributed by atoms with Crippen LogP contribution < -0.4 is 4.40 Å². The molecule has 249 valence electrons. The zero-order valence-electron chi connectivity index (χ0n) is 28.6. The van der Waals surface area contributed by atoms with Gasteiger partial charge in [0.2, 0.25) is 5.71 Å². The molecule has 0 amide bonds. The monoisotopic (exact) mass is 882 g/mol. The van der Waals surface area contributed by atoms with Crippen molar-refractivity contribution in [1.82, 2.24) is 15.0 Å². The molecule has 0 N–H and O–H groups in total. The standard InChI is InChI=1S/C23H15N2O.C20H26GeN.Ir/c1-15-10-11-17(20-9-5-6-14-24-20)22-21(15)18-12-13-19(25-23(18)26-22)16-7-3-2-4-8-16;1-21(2,3)19-15-22-20(17-11-5-4-6-12-17)14-18(19)13-16-9-7-8-10-16;/h2-10,12-14H,1H3;4-6,11,14-16H,7-10,13H2,1-3H3;/q2*-1;. The molecule has 0 atom stereocenters. The van der Waals surface area contributed by atoms with Gasteiger partial charge in [0, 0.05) is 37.3 Å². The van der Waals surface area contributed by atoms with Crippen LogP contribution in [0.25, 0.3) is 55.8 Å². The van der Waals surface area contributed by atoms with Crippen LogP contribution in [0.1, 0.15) is 36.8 Å². The molecule has 0 bridgehead atoms. The number of furan rings is 1. The minimum absolute atomic E-state index is 0. The molecule has 1 fully saturated rings. The van der Waals surface area contributed by atoms with Crippen molar-refractivity contribution in [2.75, 3.05) is 0 Å². The normalized spacial score (nSPS) is 13.2. The van der Waals surface area contributed by atoms with Crippen LogP contribution in [0.15, 0.2) is 114 Å². The van der Waals surface area contributed by atoms with Crippen molar-refractivity contribution in [3.8, 4) is 33.8 Å². The van der Waals surface area contributed by atoms with E-state index in [4.69, 9.17) is 14.4 Å². The maximum absolute atomic E-state index is 6.20. The Bertz CT molecular complexity index is 2150. The molecule has 1 aliphatic carbocycles. The van der Waals surface area contributed by atoms with Crippen LogP contribution >= 0.6 is 0 Å². The second kappa shape index (κ2) is 15.3. The van der Waals surface area contributed by atoms with Crippen molar-refractivity contribution in [1.29, 1.82) is 0 Å². The molecule has 4 heterocycles. The van der Waals surface area contributed by atoms with Crippen molar-refractivity contribution in [2.24, 2.45) is 5.92 Å². The number of hydrogen-bond acceptors (Lipinski definition) is 4. The number of rotatable bonds is 6. The molecule has 49 heavy (non-hydrogen) atoms. The molecule has 1 aliphatic rings. The van der Waals surface area contributed by atoms with Gasteiger partial charge < -0.3 is 9.40 Å². The maximum Gasteiger partial charge on any atom is 0 e. The summed E-state index contributed by atoms with van der Waals surface area (Å²) in [6, 6.07) is 39.3. The van der Waals surface area contributed by atoms with E-state index in [0.29, 0.717) is 5.71 Å². The Hall–Kier alpha value is -3.90. The van der Waals surface area contributed by atoms with Crippen molar-refractivity contribution >= 4 is 39.7 Å². The molecular formula is C43H41GeIrN3O-2. The summed E-state index contributed by atoms with van der Waals surface area (Å²) in [7, 11) is 0. The topological polar surface area (TPSA) is 51.8 Å². The van der Waals surface area contributed by atoms with Gasteiger partial charge in [0.05, 0.1) is 11.3 Å². The van der Waals surface area contributed by atoms with E-state index in [0.717, 1.165) is 61.6 Å². The fourth-order valence-electron chi connectivity index (χ4n) is 6.90. The summed E-state index contributed by atoms with van der Waals surface area (Å²) < 4.78 is 7.79. The first-order valence-electron chi connectivity index (χ1n) is 17.0. The molecule has 4 aromatic heterocycles. The molecule has 8 rings (SSSR count). The molecule has 4 nitrogen and oxygen atoms in total. The third kappa shape index (κ3) is 7.80. The Labute approximate surface area is 306 Å². The van der Waals surface area contributed by atoms with Gasteiger partial charge in [0.25, 0.3) is 0 Å². The molecule has 0 spiro atoms. The zero-order chi connectivity index (χ0) is 33.1. The first kappa shape index (κ1) is 34.9. The molecular weight excluding hydrogens is 839 g/mol. The Morgan fingerprint density at radius 2 is 1.59 bits per heavy atom. The number of fused-ring (bicyclic) bond motifs is 3. The number of nitrogens with zero attached hydrogens (tertiary/aromatic N) is 3. The molecule has 1 radical (unpaired) electrons. The van der Waals surface area contributed by atoms with Gasteiger partial charge in [0.1, 0.15) is 0 Å². The van der Waals surface area contributed by atoms with Gasteiger partial charge in [-0.15, -0.1) is 17.7 Å². The van der Waals surface area contributed by atoms with Crippen LogP contribution in [0.2, 0.25) is 17.3 Å². The average molecular weight is 881 g/mol. The van der Waals surface area contributed by atoms with Crippen LogP contribution in [-0.2, 0) is 26.5 Å². The summed E-state index contributed by atoms with van der Waals surface area (Å²) in [5.41, 5.74) is 10.0. The third-order valence-corrected chi connectivity index (χ3v) is 13.7.